The first-order chi connectivity index (χ1) is 17.5. The molecule has 37 heavy (non-hydrogen) atoms. The Balaban J connectivity index is 2.46. The molecule has 0 fully saturated rings. The first kappa shape index (κ1) is 30.3. The third kappa shape index (κ3) is 8.87. The van der Waals surface area contributed by atoms with Crippen LogP contribution >= 0.6 is 0 Å². The lowest BCUT2D eigenvalue weighted by Gasteiger charge is -2.30. The van der Waals surface area contributed by atoms with Gasteiger partial charge in [-0.25, -0.2) is 4.79 Å². The number of phenols is 1. The van der Waals surface area contributed by atoms with Gasteiger partial charge in [-0.3, -0.25) is 4.79 Å². The van der Waals surface area contributed by atoms with E-state index < -0.39 is 30.5 Å². The molecule has 1 aromatic rings. The van der Waals surface area contributed by atoms with Crippen LogP contribution in [0.3, 0.4) is 0 Å². The Morgan fingerprint density at radius 2 is 1.81 bits per heavy atom. The zero-order chi connectivity index (χ0) is 27.7. The maximum Gasteiger partial charge on any atom is 0.405 e. The van der Waals surface area contributed by atoms with Crippen molar-refractivity contribution in [3.63, 3.8) is 0 Å². The zero-order valence-corrected chi connectivity index (χ0v) is 22.7. The summed E-state index contributed by atoms with van der Waals surface area (Å²) < 4.78 is 16.7. The molecule has 2 rings (SSSR count). The number of aliphatic hydroxyl groups excluding tert-OH is 1. The van der Waals surface area contributed by atoms with Crippen LogP contribution in [0.4, 0.5) is 10.5 Å². The second-order valence-corrected chi connectivity index (χ2v) is 9.95. The lowest BCUT2D eigenvalue weighted by molar-refractivity contribution is -0.113. The van der Waals surface area contributed by atoms with E-state index in [0.29, 0.717) is 36.9 Å². The minimum atomic E-state index is -0.924. The summed E-state index contributed by atoms with van der Waals surface area (Å²) in [5, 5.41) is 21.4. The fourth-order valence-corrected chi connectivity index (χ4v) is 4.84. The number of likely N-dealkylation sites (N-methyl/N-ethyl adjacent to an activating group) is 1. The van der Waals surface area contributed by atoms with Crippen LogP contribution in [-0.2, 0) is 25.4 Å². The summed E-state index contributed by atoms with van der Waals surface area (Å²) in [7, 11) is 4.74. The minimum absolute atomic E-state index is 0.0789. The number of amides is 2. The van der Waals surface area contributed by atoms with E-state index in [1.807, 2.05) is 32.9 Å². The molecule has 1 aliphatic rings. The largest absolute Gasteiger partial charge is 0.508 e. The number of fused-ring (bicyclic) bond motifs is 2. The number of rotatable bonds is 3. The Morgan fingerprint density at radius 1 is 1.14 bits per heavy atom. The van der Waals surface area contributed by atoms with Gasteiger partial charge in [-0.2, -0.15) is 0 Å². The molecular formula is C28H42N2O7. The summed E-state index contributed by atoms with van der Waals surface area (Å²) in [6, 6.07) is 5.12. The van der Waals surface area contributed by atoms with E-state index in [1.165, 1.54) is 18.1 Å². The molecule has 2 bridgehead atoms. The number of hydrogen-bond acceptors (Lipinski definition) is 7. The third-order valence-corrected chi connectivity index (χ3v) is 6.86. The molecule has 206 valence electrons. The number of anilines is 1. The van der Waals surface area contributed by atoms with Crippen LogP contribution in [0.25, 0.3) is 0 Å². The van der Waals surface area contributed by atoms with Crippen LogP contribution in [0, 0.1) is 11.8 Å². The number of methoxy groups -OCH3 is 2. The highest BCUT2D eigenvalue weighted by Crippen LogP contribution is 2.28. The molecule has 0 aromatic heterocycles. The average molecular weight is 519 g/mol. The Labute approximate surface area is 219 Å². The van der Waals surface area contributed by atoms with Gasteiger partial charge >= 0.3 is 6.09 Å². The monoisotopic (exact) mass is 518 g/mol. The number of primary amides is 1. The van der Waals surface area contributed by atoms with Gasteiger partial charge in [0.2, 0.25) is 5.91 Å². The number of nitrogens with zero attached hydrogens (tertiary/aromatic N) is 1. The van der Waals surface area contributed by atoms with Gasteiger partial charge in [0.25, 0.3) is 0 Å². The van der Waals surface area contributed by atoms with Gasteiger partial charge in [-0.05, 0) is 67.9 Å². The van der Waals surface area contributed by atoms with E-state index in [9.17, 15) is 19.8 Å². The maximum atomic E-state index is 12.8. The van der Waals surface area contributed by atoms with Crippen molar-refractivity contribution >= 4 is 17.7 Å². The number of phenolic OH excluding ortho intramolecular Hbond substituents is 1. The summed E-state index contributed by atoms with van der Waals surface area (Å²) in [5.41, 5.74) is 7.51. The highest BCUT2D eigenvalue weighted by molar-refractivity contribution is 6.01. The molecule has 4 N–H and O–H groups in total. The predicted molar refractivity (Wildman–Crippen MR) is 142 cm³/mol. The highest BCUT2D eigenvalue weighted by Gasteiger charge is 2.30. The van der Waals surface area contributed by atoms with Crippen molar-refractivity contribution in [2.75, 3.05) is 26.2 Å². The van der Waals surface area contributed by atoms with E-state index in [0.717, 1.165) is 5.56 Å². The number of carbonyl (C=O) groups is 2. The van der Waals surface area contributed by atoms with E-state index in [1.54, 1.807) is 32.4 Å². The van der Waals surface area contributed by atoms with Crippen LogP contribution in [0.1, 0.15) is 45.6 Å². The molecule has 0 aliphatic carbocycles. The average Bonchev–Trinajstić information content (AvgIpc) is 2.84. The molecule has 2 amide bonds. The third-order valence-electron chi connectivity index (χ3n) is 6.86. The van der Waals surface area contributed by atoms with E-state index in [-0.39, 0.29) is 23.5 Å². The van der Waals surface area contributed by atoms with E-state index >= 15 is 0 Å². The normalized spacial score (nSPS) is 30.8. The molecule has 0 unspecified atom stereocenters. The number of carbonyl (C=O) groups excluding carboxylic acids is 2. The van der Waals surface area contributed by atoms with Gasteiger partial charge in [-0.15, -0.1) is 0 Å². The van der Waals surface area contributed by atoms with Gasteiger partial charge < -0.3 is 35.1 Å². The van der Waals surface area contributed by atoms with Crippen molar-refractivity contribution in [1.82, 2.24) is 0 Å². The number of allylic oxidation sites excluding steroid dienone is 1. The van der Waals surface area contributed by atoms with Crippen molar-refractivity contribution in [3.8, 4) is 5.75 Å². The molecule has 0 saturated heterocycles. The predicted octanol–water partition coefficient (Wildman–Crippen LogP) is 3.71. The molecule has 1 aromatic carbocycles. The summed E-state index contributed by atoms with van der Waals surface area (Å²) in [6.07, 6.45) is 3.74. The summed E-state index contributed by atoms with van der Waals surface area (Å²) in [4.78, 5) is 25.9. The lowest BCUT2D eigenvalue weighted by atomic mass is 9.88. The van der Waals surface area contributed by atoms with Gasteiger partial charge in [0, 0.05) is 38.9 Å². The van der Waals surface area contributed by atoms with Crippen LogP contribution in [-0.4, -0.2) is 67.9 Å². The lowest BCUT2D eigenvalue weighted by Crippen LogP contribution is -2.37. The maximum absolute atomic E-state index is 12.8. The van der Waals surface area contributed by atoms with Gasteiger partial charge in [0.1, 0.15) is 5.75 Å². The Bertz CT molecular complexity index is 977. The number of benzene rings is 1. The van der Waals surface area contributed by atoms with Gasteiger partial charge in [-0.1, -0.05) is 26.0 Å². The fourth-order valence-electron chi connectivity index (χ4n) is 4.84. The summed E-state index contributed by atoms with van der Waals surface area (Å²) in [6.45, 7) is 5.74. The number of aliphatic hydroxyl groups is 1. The molecule has 6 atom stereocenters. The topological polar surface area (TPSA) is 132 Å². The SMILES string of the molecule is CO[C@H]1C[C@H](C)Cc2cc(O)cc(c2)N(C)C(=O)/C=C/CC[C@H](OC)[C@@H](OC(N)=O)/C(C)=C/[C@H](C)[C@H]1O. The second kappa shape index (κ2) is 14.2. The number of aromatic hydroxyl groups is 1. The Morgan fingerprint density at radius 3 is 2.43 bits per heavy atom. The van der Waals surface area contributed by atoms with Crippen molar-refractivity contribution in [2.45, 2.75) is 70.9 Å². The van der Waals surface area contributed by atoms with Gasteiger partial charge in [0.05, 0.1) is 18.3 Å². The fraction of sp³-hybridized carbons (Fsp3) is 0.571. The smallest absolute Gasteiger partial charge is 0.405 e. The number of ether oxygens (including phenoxy) is 3. The molecule has 1 heterocycles. The first-order valence-electron chi connectivity index (χ1n) is 12.6. The van der Waals surface area contributed by atoms with E-state index in [2.05, 4.69) is 0 Å². The molecule has 0 saturated carbocycles. The van der Waals surface area contributed by atoms with Crippen molar-refractivity contribution in [1.29, 1.82) is 0 Å². The second-order valence-electron chi connectivity index (χ2n) is 9.95. The summed E-state index contributed by atoms with van der Waals surface area (Å²) >= 11 is 0. The highest BCUT2D eigenvalue weighted by atomic mass is 16.6. The van der Waals surface area contributed by atoms with Crippen LogP contribution in [0.2, 0.25) is 0 Å². The Kier molecular flexibility index (Phi) is 11.6. The standard InChI is InChI=1S/C28H42N2O7/c1-17-11-20-14-21(16-22(31)15-20)30(4)25(32)10-8-7-9-23(35-5)27(37-28(29)34)19(3)13-18(2)26(33)24(12-17)36-6/h8,10,13-18,23-24,26-27,31,33H,7,9,11-12H2,1-6H3,(H2,29,34)/b10-8+,19-13+/t17-,18+,23+,24+,26-,27+/m1/s1. The van der Waals surface area contributed by atoms with Crippen LogP contribution in [0.5, 0.6) is 5.75 Å². The van der Waals surface area contributed by atoms with Crippen LogP contribution in [0.15, 0.2) is 42.0 Å². The quantitative estimate of drug-likeness (QED) is 0.520. The molecule has 9 heteroatoms. The van der Waals surface area contributed by atoms with Crippen molar-refractivity contribution in [3.05, 3.63) is 47.6 Å². The molecule has 1 aliphatic heterocycles. The van der Waals surface area contributed by atoms with E-state index in [4.69, 9.17) is 19.9 Å². The zero-order valence-electron chi connectivity index (χ0n) is 22.7. The van der Waals surface area contributed by atoms with Crippen molar-refractivity contribution in [2.24, 2.45) is 17.6 Å². The molecule has 9 nitrogen and oxygen atoms in total. The number of nitrogens with two attached hydrogens (primary N) is 1. The number of hydrogen-bond donors (Lipinski definition) is 3. The molecule has 0 radical (unpaired) electrons. The first-order valence-corrected chi connectivity index (χ1v) is 12.6. The summed E-state index contributed by atoms with van der Waals surface area (Å²) in [5.74, 6) is -0.364. The molecular weight excluding hydrogens is 476 g/mol. The van der Waals surface area contributed by atoms with Gasteiger partial charge in [0.15, 0.2) is 6.10 Å². The molecule has 0 spiro atoms. The van der Waals surface area contributed by atoms with Crippen LogP contribution < -0.4 is 10.6 Å². The minimum Gasteiger partial charge on any atom is -0.508 e. The van der Waals surface area contributed by atoms with Crippen molar-refractivity contribution < 1.29 is 34.0 Å². The Hall–Kier alpha value is -2.88.